The first-order valence-corrected chi connectivity index (χ1v) is 7.42. The van der Waals surface area contributed by atoms with E-state index in [0.29, 0.717) is 19.6 Å². The maximum Gasteiger partial charge on any atom is 0.321 e. The van der Waals surface area contributed by atoms with Gasteiger partial charge in [0.1, 0.15) is 0 Å². The number of nitrogens with zero attached hydrogens (tertiary/aromatic N) is 2. The summed E-state index contributed by atoms with van der Waals surface area (Å²) in [6, 6.07) is -0.882. The normalized spacial score (nSPS) is 18.0. The lowest BCUT2D eigenvalue weighted by molar-refractivity contribution is -0.128. The molecule has 0 aromatic heterocycles. The lowest BCUT2D eigenvalue weighted by Gasteiger charge is -2.26. The fourth-order valence-electron chi connectivity index (χ4n) is 2.32. The van der Waals surface area contributed by atoms with Crippen molar-refractivity contribution in [3.8, 4) is 0 Å². The molecule has 21 heavy (non-hydrogen) atoms. The molecule has 0 spiro atoms. The zero-order valence-electron chi connectivity index (χ0n) is 13.3. The average Bonchev–Trinajstić information content (AvgIpc) is 2.62. The number of carbonyl (C=O) groups is 3. The molecular formula is C14H26N4O3. The van der Waals surface area contributed by atoms with Gasteiger partial charge in [-0.25, -0.2) is 4.79 Å². The summed E-state index contributed by atoms with van der Waals surface area (Å²) >= 11 is 0. The van der Waals surface area contributed by atoms with Gasteiger partial charge in [-0.15, -0.1) is 0 Å². The highest BCUT2D eigenvalue weighted by Crippen LogP contribution is 2.07. The predicted octanol–water partition coefficient (Wildman–Crippen LogP) is 0.163. The predicted molar refractivity (Wildman–Crippen MR) is 79.7 cm³/mol. The molecule has 0 aromatic carbocycles. The molecule has 4 amide bonds. The van der Waals surface area contributed by atoms with Crippen LogP contribution in [0, 0.1) is 0 Å². The summed E-state index contributed by atoms with van der Waals surface area (Å²) in [5.41, 5.74) is 0. The zero-order valence-corrected chi connectivity index (χ0v) is 13.3. The first-order chi connectivity index (χ1) is 9.81. The Balaban J connectivity index is 2.50. The SMILES string of the molecule is CC(=O)N1CCCN(C(C)C(=O)NC(=O)NC(C)C)CC1. The van der Waals surface area contributed by atoms with Gasteiger partial charge >= 0.3 is 6.03 Å². The van der Waals surface area contributed by atoms with Crippen molar-refractivity contribution < 1.29 is 14.4 Å². The number of carbonyl (C=O) groups excluding carboxylic acids is 3. The molecule has 1 heterocycles. The molecule has 7 heteroatoms. The molecule has 7 nitrogen and oxygen atoms in total. The van der Waals surface area contributed by atoms with E-state index in [1.165, 1.54) is 0 Å². The fourth-order valence-corrected chi connectivity index (χ4v) is 2.32. The third-order valence-electron chi connectivity index (χ3n) is 3.56. The van der Waals surface area contributed by atoms with E-state index in [1.54, 1.807) is 18.7 Å². The number of urea groups is 1. The fraction of sp³-hybridized carbons (Fsp3) is 0.786. The van der Waals surface area contributed by atoms with Gasteiger partial charge in [-0.3, -0.25) is 19.8 Å². The lowest BCUT2D eigenvalue weighted by Crippen LogP contribution is -2.51. The van der Waals surface area contributed by atoms with Crippen LogP contribution in [-0.2, 0) is 9.59 Å². The van der Waals surface area contributed by atoms with Gasteiger partial charge in [-0.05, 0) is 27.2 Å². The first kappa shape index (κ1) is 17.4. The largest absolute Gasteiger partial charge is 0.342 e. The van der Waals surface area contributed by atoms with E-state index in [2.05, 4.69) is 10.6 Å². The quantitative estimate of drug-likeness (QED) is 0.778. The Hall–Kier alpha value is -1.63. The Kier molecular flexibility index (Phi) is 6.61. The van der Waals surface area contributed by atoms with Crippen molar-refractivity contribution in [3.63, 3.8) is 0 Å². The van der Waals surface area contributed by atoms with Crippen LogP contribution in [0.3, 0.4) is 0 Å². The summed E-state index contributed by atoms with van der Waals surface area (Å²) in [5, 5.41) is 4.98. The number of hydrogen-bond acceptors (Lipinski definition) is 4. The van der Waals surface area contributed by atoms with Crippen LogP contribution >= 0.6 is 0 Å². The standard InChI is InChI=1S/C14H26N4O3/c1-10(2)15-14(21)16-13(20)11(3)17-6-5-7-18(9-8-17)12(4)19/h10-11H,5-9H2,1-4H3,(H2,15,16,20,21). The van der Waals surface area contributed by atoms with Gasteiger partial charge < -0.3 is 10.2 Å². The molecule has 0 radical (unpaired) electrons. The third kappa shape index (κ3) is 5.71. The van der Waals surface area contributed by atoms with Crippen molar-refractivity contribution in [1.29, 1.82) is 0 Å². The van der Waals surface area contributed by atoms with Gasteiger partial charge in [0.25, 0.3) is 0 Å². The van der Waals surface area contributed by atoms with Crippen LogP contribution in [0.2, 0.25) is 0 Å². The molecule has 0 saturated carbocycles. The van der Waals surface area contributed by atoms with Crippen LogP contribution in [0.15, 0.2) is 0 Å². The smallest absolute Gasteiger partial charge is 0.321 e. The molecule has 0 aromatic rings. The van der Waals surface area contributed by atoms with Crippen LogP contribution in [-0.4, -0.2) is 65.9 Å². The summed E-state index contributed by atoms with van der Waals surface area (Å²) in [6.07, 6.45) is 0.829. The molecule has 1 rings (SSSR count). The second kappa shape index (κ2) is 7.97. The van der Waals surface area contributed by atoms with E-state index in [1.807, 2.05) is 18.7 Å². The number of imide groups is 1. The van der Waals surface area contributed by atoms with Crippen molar-refractivity contribution >= 4 is 17.8 Å². The second-order valence-corrected chi connectivity index (χ2v) is 5.69. The number of hydrogen-bond donors (Lipinski definition) is 2. The molecule has 0 aliphatic carbocycles. The van der Waals surface area contributed by atoms with E-state index >= 15 is 0 Å². The summed E-state index contributed by atoms with van der Waals surface area (Å²) < 4.78 is 0. The molecular weight excluding hydrogens is 272 g/mol. The zero-order chi connectivity index (χ0) is 16.0. The van der Waals surface area contributed by atoms with Gasteiger partial charge in [0.05, 0.1) is 6.04 Å². The highest BCUT2D eigenvalue weighted by Gasteiger charge is 2.25. The minimum atomic E-state index is -0.470. The average molecular weight is 298 g/mol. The van der Waals surface area contributed by atoms with Crippen molar-refractivity contribution in [2.75, 3.05) is 26.2 Å². The Morgan fingerprint density at radius 3 is 2.24 bits per heavy atom. The highest BCUT2D eigenvalue weighted by molar-refractivity contribution is 5.96. The Morgan fingerprint density at radius 1 is 1.00 bits per heavy atom. The lowest BCUT2D eigenvalue weighted by atomic mass is 10.2. The molecule has 1 atom stereocenters. The summed E-state index contributed by atoms with van der Waals surface area (Å²) in [4.78, 5) is 38.8. The summed E-state index contributed by atoms with van der Waals surface area (Å²) in [7, 11) is 0. The summed E-state index contributed by atoms with van der Waals surface area (Å²) in [5.74, 6) is -0.255. The van der Waals surface area contributed by atoms with E-state index in [0.717, 1.165) is 13.0 Å². The maximum absolute atomic E-state index is 12.1. The number of nitrogens with one attached hydrogen (secondary N) is 2. The number of rotatable bonds is 3. The second-order valence-electron chi connectivity index (χ2n) is 5.69. The van der Waals surface area contributed by atoms with E-state index in [4.69, 9.17) is 0 Å². The third-order valence-corrected chi connectivity index (χ3v) is 3.56. The van der Waals surface area contributed by atoms with Crippen LogP contribution in [0.25, 0.3) is 0 Å². The molecule has 0 bridgehead atoms. The highest BCUT2D eigenvalue weighted by atomic mass is 16.2. The molecule has 1 aliphatic heterocycles. The van der Waals surface area contributed by atoms with E-state index in [9.17, 15) is 14.4 Å². The van der Waals surface area contributed by atoms with Crippen LogP contribution in [0.1, 0.15) is 34.1 Å². The minimum Gasteiger partial charge on any atom is -0.342 e. The molecule has 2 N–H and O–H groups in total. The summed E-state index contributed by atoms with van der Waals surface area (Å²) in [6.45, 7) is 9.71. The molecule has 1 fully saturated rings. The molecule has 1 aliphatic rings. The number of amides is 4. The molecule has 1 saturated heterocycles. The van der Waals surface area contributed by atoms with Crippen LogP contribution in [0.4, 0.5) is 4.79 Å². The van der Waals surface area contributed by atoms with Gasteiger partial charge in [0.15, 0.2) is 0 Å². The van der Waals surface area contributed by atoms with Crippen molar-refractivity contribution in [2.45, 2.75) is 46.2 Å². The Bertz CT molecular complexity index is 398. The molecule has 120 valence electrons. The van der Waals surface area contributed by atoms with Crippen molar-refractivity contribution in [3.05, 3.63) is 0 Å². The monoisotopic (exact) mass is 298 g/mol. The Labute approximate surface area is 126 Å². The van der Waals surface area contributed by atoms with Crippen LogP contribution in [0.5, 0.6) is 0 Å². The van der Waals surface area contributed by atoms with Crippen LogP contribution < -0.4 is 10.6 Å². The van der Waals surface area contributed by atoms with E-state index in [-0.39, 0.29) is 17.9 Å². The van der Waals surface area contributed by atoms with Crippen molar-refractivity contribution in [2.24, 2.45) is 0 Å². The van der Waals surface area contributed by atoms with Gasteiger partial charge in [-0.2, -0.15) is 0 Å². The molecule has 1 unspecified atom stereocenters. The van der Waals surface area contributed by atoms with Gasteiger partial charge in [-0.1, -0.05) is 0 Å². The van der Waals surface area contributed by atoms with Gasteiger partial charge in [0.2, 0.25) is 11.8 Å². The van der Waals surface area contributed by atoms with E-state index < -0.39 is 12.1 Å². The van der Waals surface area contributed by atoms with Gasteiger partial charge in [0, 0.05) is 39.1 Å². The Morgan fingerprint density at radius 2 is 1.67 bits per heavy atom. The van der Waals surface area contributed by atoms with Crippen molar-refractivity contribution in [1.82, 2.24) is 20.4 Å². The first-order valence-electron chi connectivity index (χ1n) is 7.42. The maximum atomic E-state index is 12.1. The minimum absolute atomic E-state index is 0.0181. The topological polar surface area (TPSA) is 81.8 Å².